The molecule has 0 atom stereocenters. The van der Waals surface area contributed by atoms with Crippen LogP contribution < -0.4 is 0 Å². The van der Waals surface area contributed by atoms with Gasteiger partial charge in [-0.1, -0.05) is 15.9 Å². The highest BCUT2D eigenvalue weighted by Crippen LogP contribution is 2.23. The van der Waals surface area contributed by atoms with Gasteiger partial charge in [0.25, 0.3) is 5.91 Å². The standard InChI is InChI=1S/C18H24BrN3O3/c19-14-4-5-16(23)15(12-14)18(25)22-10-8-20(9-11-22)13-17(24)21-6-2-1-3-7-21/h4-5,12,23H,1-3,6-11,13H2. The molecule has 2 aliphatic rings. The fourth-order valence-electron chi connectivity index (χ4n) is 3.39. The number of phenolic OH excluding ortho intramolecular Hbond substituents is 1. The van der Waals surface area contributed by atoms with E-state index in [4.69, 9.17) is 0 Å². The zero-order valence-electron chi connectivity index (χ0n) is 14.3. The molecule has 1 aromatic carbocycles. The molecule has 2 saturated heterocycles. The van der Waals surface area contributed by atoms with Crippen LogP contribution in [0, 0.1) is 0 Å². The van der Waals surface area contributed by atoms with Crippen molar-refractivity contribution in [3.05, 3.63) is 28.2 Å². The summed E-state index contributed by atoms with van der Waals surface area (Å²) in [5.74, 6) is 0.0285. The van der Waals surface area contributed by atoms with Gasteiger partial charge in [0.15, 0.2) is 0 Å². The number of nitrogens with zero attached hydrogens (tertiary/aromatic N) is 3. The molecule has 0 radical (unpaired) electrons. The largest absolute Gasteiger partial charge is 0.507 e. The average Bonchev–Trinajstić information content (AvgIpc) is 2.64. The molecule has 3 rings (SSSR count). The summed E-state index contributed by atoms with van der Waals surface area (Å²) in [7, 11) is 0. The van der Waals surface area contributed by atoms with Crippen LogP contribution in [0.2, 0.25) is 0 Å². The molecule has 0 aromatic heterocycles. The Balaban J connectivity index is 1.52. The van der Waals surface area contributed by atoms with Crippen LogP contribution in [0.4, 0.5) is 0 Å². The van der Waals surface area contributed by atoms with Crippen LogP contribution >= 0.6 is 15.9 Å². The molecule has 0 spiro atoms. The maximum Gasteiger partial charge on any atom is 0.257 e. The summed E-state index contributed by atoms with van der Waals surface area (Å²) in [5.41, 5.74) is 0.312. The van der Waals surface area contributed by atoms with Crippen molar-refractivity contribution in [2.45, 2.75) is 19.3 Å². The minimum Gasteiger partial charge on any atom is -0.507 e. The highest BCUT2D eigenvalue weighted by atomic mass is 79.9. The number of likely N-dealkylation sites (tertiary alicyclic amines) is 1. The third-order valence-corrected chi connectivity index (χ3v) is 5.41. The van der Waals surface area contributed by atoms with E-state index >= 15 is 0 Å². The summed E-state index contributed by atoms with van der Waals surface area (Å²) >= 11 is 3.33. The molecule has 136 valence electrons. The minimum absolute atomic E-state index is 0.00379. The monoisotopic (exact) mass is 409 g/mol. The molecule has 0 bridgehead atoms. The molecular weight excluding hydrogens is 386 g/mol. The number of piperazine rings is 1. The lowest BCUT2D eigenvalue weighted by molar-refractivity contribution is -0.133. The smallest absolute Gasteiger partial charge is 0.257 e. The molecule has 1 aromatic rings. The van der Waals surface area contributed by atoms with E-state index in [0.29, 0.717) is 38.3 Å². The number of benzene rings is 1. The SMILES string of the molecule is O=C(CN1CCN(C(=O)c2cc(Br)ccc2O)CC1)N1CCCCC1. The normalized spacial score (nSPS) is 19.1. The second kappa shape index (κ2) is 8.19. The number of piperidine rings is 1. The minimum atomic E-state index is -0.166. The number of phenols is 1. The van der Waals surface area contributed by atoms with Gasteiger partial charge in [0.05, 0.1) is 12.1 Å². The van der Waals surface area contributed by atoms with Crippen molar-refractivity contribution < 1.29 is 14.7 Å². The molecule has 2 amide bonds. The molecule has 2 aliphatic heterocycles. The van der Waals surface area contributed by atoms with Crippen molar-refractivity contribution in [2.24, 2.45) is 0 Å². The first-order chi connectivity index (χ1) is 12.0. The lowest BCUT2D eigenvalue weighted by Gasteiger charge is -2.36. The summed E-state index contributed by atoms with van der Waals surface area (Å²) < 4.78 is 0.763. The number of hydrogen-bond acceptors (Lipinski definition) is 4. The lowest BCUT2D eigenvalue weighted by Crippen LogP contribution is -2.52. The van der Waals surface area contributed by atoms with Gasteiger partial charge in [-0.15, -0.1) is 0 Å². The van der Waals surface area contributed by atoms with E-state index in [1.807, 2.05) is 4.90 Å². The van der Waals surface area contributed by atoms with Crippen molar-refractivity contribution in [3.63, 3.8) is 0 Å². The van der Waals surface area contributed by atoms with Crippen LogP contribution in [0.1, 0.15) is 29.6 Å². The van der Waals surface area contributed by atoms with Crippen molar-refractivity contribution in [1.82, 2.24) is 14.7 Å². The van der Waals surface area contributed by atoms with Crippen LogP contribution in [0.15, 0.2) is 22.7 Å². The Bertz CT molecular complexity index is 638. The van der Waals surface area contributed by atoms with Gasteiger partial charge >= 0.3 is 0 Å². The van der Waals surface area contributed by atoms with Gasteiger partial charge < -0.3 is 14.9 Å². The van der Waals surface area contributed by atoms with E-state index in [2.05, 4.69) is 20.8 Å². The number of halogens is 1. The quantitative estimate of drug-likeness (QED) is 0.827. The lowest BCUT2D eigenvalue weighted by atomic mass is 10.1. The summed E-state index contributed by atoms with van der Waals surface area (Å²) in [6, 6.07) is 4.87. The van der Waals surface area contributed by atoms with E-state index in [1.165, 1.54) is 12.5 Å². The van der Waals surface area contributed by atoms with E-state index in [9.17, 15) is 14.7 Å². The molecule has 2 heterocycles. The van der Waals surface area contributed by atoms with Crippen LogP contribution in [-0.4, -0.2) is 77.4 Å². The van der Waals surface area contributed by atoms with E-state index in [-0.39, 0.29) is 17.6 Å². The van der Waals surface area contributed by atoms with E-state index in [0.717, 1.165) is 30.4 Å². The molecule has 0 aliphatic carbocycles. The Kier molecular flexibility index (Phi) is 5.96. The van der Waals surface area contributed by atoms with Crippen LogP contribution in [0.5, 0.6) is 5.75 Å². The first kappa shape index (κ1) is 18.2. The summed E-state index contributed by atoms with van der Waals surface area (Å²) in [6.07, 6.45) is 3.42. The Hall–Kier alpha value is -1.60. The maximum absolute atomic E-state index is 12.6. The Labute approximate surface area is 156 Å². The fourth-order valence-corrected chi connectivity index (χ4v) is 3.75. The van der Waals surface area contributed by atoms with E-state index < -0.39 is 0 Å². The summed E-state index contributed by atoms with van der Waals surface area (Å²) in [6.45, 7) is 4.68. The number of carbonyl (C=O) groups is 2. The van der Waals surface area contributed by atoms with E-state index in [1.54, 1.807) is 17.0 Å². The third kappa shape index (κ3) is 4.52. The summed E-state index contributed by atoms with van der Waals surface area (Å²) in [5, 5.41) is 9.92. The van der Waals surface area contributed by atoms with Gasteiger partial charge in [0.1, 0.15) is 5.75 Å². The van der Waals surface area contributed by atoms with Gasteiger partial charge in [0, 0.05) is 43.7 Å². The van der Waals surface area contributed by atoms with Crippen molar-refractivity contribution in [1.29, 1.82) is 0 Å². The maximum atomic E-state index is 12.6. The zero-order chi connectivity index (χ0) is 17.8. The predicted molar refractivity (Wildman–Crippen MR) is 98.6 cm³/mol. The predicted octanol–water partition coefficient (Wildman–Crippen LogP) is 1.93. The molecule has 7 heteroatoms. The van der Waals surface area contributed by atoms with Crippen molar-refractivity contribution in [3.8, 4) is 5.75 Å². The second-order valence-electron chi connectivity index (χ2n) is 6.67. The summed E-state index contributed by atoms with van der Waals surface area (Å²) in [4.78, 5) is 30.8. The number of aromatic hydroxyl groups is 1. The van der Waals surface area contributed by atoms with Gasteiger partial charge in [0.2, 0.25) is 5.91 Å². The molecule has 25 heavy (non-hydrogen) atoms. The Morgan fingerprint density at radius 2 is 1.64 bits per heavy atom. The third-order valence-electron chi connectivity index (χ3n) is 4.92. The molecule has 1 N–H and O–H groups in total. The van der Waals surface area contributed by atoms with Crippen molar-refractivity contribution >= 4 is 27.7 Å². The number of amides is 2. The zero-order valence-corrected chi connectivity index (χ0v) is 15.9. The first-order valence-electron chi connectivity index (χ1n) is 8.82. The molecule has 2 fully saturated rings. The van der Waals surface area contributed by atoms with Crippen LogP contribution in [0.25, 0.3) is 0 Å². The highest BCUT2D eigenvalue weighted by molar-refractivity contribution is 9.10. The fraction of sp³-hybridized carbons (Fsp3) is 0.556. The van der Waals surface area contributed by atoms with Gasteiger partial charge in [-0.3, -0.25) is 14.5 Å². The number of rotatable bonds is 3. The molecule has 0 unspecified atom stereocenters. The molecule has 0 saturated carbocycles. The topological polar surface area (TPSA) is 64.1 Å². The first-order valence-corrected chi connectivity index (χ1v) is 9.62. The van der Waals surface area contributed by atoms with Gasteiger partial charge in [-0.25, -0.2) is 0 Å². The number of carbonyl (C=O) groups excluding carboxylic acids is 2. The Morgan fingerprint density at radius 3 is 2.32 bits per heavy atom. The van der Waals surface area contributed by atoms with Gasteiger partial charge in [-0.05, 0) is 37.5 Å². The Morgan fingerprint density at radius 1 is 0.960 bits per heavy atom. The van der Waals surface area contributed by atoms with Crippen molar-refractivity contribution in [2.75, 3.05) is 45.8 Å². The van der Waals surface area contributed by atoms with Gasteiger partial charge in [-0.2, -0.15) is 0 Å². The average molecular weight is 410 g/mol. The second-order valence-corrected chi connectivity index (χ2v) is 7.59. The highest BCUT2D eigenvalue weighted by Gasteiger charge is 2.26. The van der Waals surface area contributed by atoms with Crippen LogP contribution in [-0.2, 0) is 4.79 Å². The molecule has 6 nitrogen and oxygen atoms in total. The van der Waals surface area contributed by atoms with Crippen LogP contribution in [0.3, 0.4) is 0 Å². The molecular formula is C18H24BrN3O3. The number of hydrogen-bond donors (Lipinski definition) is 1.